The van der Waals surface area contributed by atoms with Gasteiger partial charge < -0.3 is 20.0 Å². The van der Waals surface area contributed by atoms with Crippen LogP contribution in [0.5, 0.6) is 5.88 Å². The number of hydrogen-bond acceptors (Lipinski definition) is 6. The van der Waals surface area contributed by atoms with Crippen molar-refractivity contribution in [2.45, 2.75) is 63.0 Å². The van der Waals surface area contributed by atoms with Gasteiger partial charge in [0.05, 0.1) is 5.39 Å². The lowest BCUT2D eigenvalue weighted by Crippen LogP contribution is -2.39. The van der Waals surface area contributed by atoms with Crippen LogP contribution >= 0.6 is 11.3 Å². The number of hydrogen-bond donors (Lipinski definition) is 2. The van der Waals surface area contributed by atoms with Crippen molar-refractivity contribution in [2.75, 3.05) is 0 Å². The first kappa shape index (κ1) is 17.2. The van der Waals surface area contributed by atoms with Crippen LogP contribution in [0.25, 0.3) is 10.2 Å². The maximum absolute atomic E-state index is 11.0. The minimum atomic E-state index is -0.970. The van der Waals surface area contributed by atoms with Crippen molar-refractivity contribution in [3.05, 3.63) is 16.8 Å². The maximum Gasteiger partial charge on any atom is 0.404 e. The molecule has 138 valence electrons. The van der Waals surface area contributed by atoms with Gasteiger partial charge in [0, 0.05) is 17.3 Å². The second-order valence-electron chi connectivity index (χ2n) is 6.98. The van der Waals surface area contributed by atoms with Gasteiger partial charge in [-0.25, -0.2) is 14.8 Å². The highest BCUT2D eigenvalue weighted by Crippen LogP contribution is 2.47. The third-order valence-electron chi connectivity index (χ3n) is 5.36. The van der Waals surface area contributed by atoms with Crippen molar-refractivity contribution >= 4 is 33.9 Å². The lowest BCUT2D eigenvalue weighted by atomic mass is 9.93. The number of ether oxygens (including phenoxy) is 1. The van der Waals surface area contributed by atoms with E-state index in [1.54, 1.807) is 11.3 Å². The van der Waals surface area contributed by atoms with Crippen LogP contribution < -0.4 is 10.1 Å². The van der Waals surface area contributed by atoms with Crippen molar-refractivity contribution in [2.24, 2.45) is 0 Å². The van der Waals surface area contributed by atoms with Crippen molar-refractivity contribution in [1.29, 1.82) is 0 Å². The summed E-state index contributed by atoms with van der Waals surface area (Å²) in [4.78, 5) is 32.8. The number of carboxylic acid groups (broad SMARTS) is 1. The second kappa shape index (κ2) is 7.19. The number of nitrogens with one attached hydrogen (secondary N) is 1. The first-order valence-electron chi connectivity index (χ1n) is 9.01. The van der Waals surface area contributed by atoms with E-state index >= 15 is 0 Å². The number of carbonyl (C=O) groups is 2. The molecule has 0 spiro atoms. The second-order valence-corrected chi connectivity index (χ2v) is 8.06. The van der Waals surface area contributed by atoms with E-state index in [1.807, 2.05) is 0 Å². The molecular formula is C18H21N3O4S. The number of rotatable bonds is 5. The molecule has 26 heavy (non-hydrogen) atoms. The molecule has 2 aliphatic rings. The van der Waals surface area contributed by atoms with Crippen LogP contribution in [0, 0.1) is 0 Å². The highest BCUT2D eigenvalue weighted by atomic mass is 32.1. The Bertz CT molecular complexity index is 829. The molecule has 8 heteroatoms. The number of aryl methyl sites for hydroxylation is 1. The molecule has 2 heterocycles. The number of nitrogens with zero attached hydrogens (tertiary/aromatic N) is 2. The van der Waals surface area contributed by atoms with Crippen molar-refractivity contribution in [3.63, 3.8) is 0 Å². The van der Waals surface area contributed by atoms with Gasteiger partial charge in [-0.1, -0.05) is 0 Å². The topological polar surface area (TPSA) is 101 Å². The Kier molecular flexibility index (Phi) is 4.76. The zero-order valence-corrected chi connectivity index (χ0v) is 15.1. The lowest BCUT2D eigenvalue weighted by Gasteiger charge is -2.28. The van der Waals surface area contributed by atoms with Crippen LogP contribution in [0.3, 0.4) is 0 Å². The Morgan fingerprint density at radius 3 is 2.85 bits per heavy atom. The Hall–Kier alpha value is -2.22. The number of carbonyl (C=O) groups excluding carboxylic acids is 1. The molecule has 1 atom stereocenters. The van der Waals surface area contributed by atoms with E-state index in [4.69, 9.17) is 9.84 Å². The molecule has 0 radical (unpaired) electrons. The fourth-order valence-corrected chi connectivity index (χ4v) is 5.37. The Morgan fingerprint density at radius 1 is 1.31 bits per heavy atom. The predicted octanol–water partition coefficient (Wildman–Crippen LogP) is 3.27. The molecule has 7 nitrogen and oxygen atoms in total. The molecule has 2 aliphatic carbocycles. The van der Waals surface area contributed by atoms with E-state index in [2.05, 4.69) is 15.3 Å². The molecule has 1 saturated carbocycles. The summed E-state index contributed by atoms with van der Waals surface area (Å²) in [5, 5.41) is 12.4. The molecule has 0 aromatic carbocycles. The smallest absolute Gasteiger partial charge is 0.404 e. The maximum atomic E-state index is 11.0. The van der Waals surface area contributed by atoms with E-state index in [9.17, 15) is 9.59 Å². The van der Waals surface area contributed by atoms with Gasteiger partial charge in [-0.3, -0.25) is 0 Å². The summed E-state index contributed by atoms with van der Waals surface area (Å²) < 4.78 is 6.22. The third kappa shape index (κ3) is 3.25. The minimum Gasteiger partial charge on any atom is -0.474 e. The summed E-state index contributed by atoms with van der Waals surface area (Å²) in [5.41, 5.74) is 1.20. The van der Waals surface area contributed by atoms with Crippen LogP contribution in [0.2, 0.25) is 0 Å². The van der Waals surface area contributed by atoms with E-state index in [0.717, 1.165) is 55.0 Å². The molecule has 2 aromatic heterocycles. The molecule has 2 N–H and O–H groups in total. The summed E-state index contributed by atoms with van der Waals surface area (Å²) in [6.07, 6.45) is 7.21. The molecule has 1 amide bonds. The van der Waals surface area contributed by atoms with Crippen molar-refractivity contribution in [3.8, 4) is 5.88 Å². The van der Waals surface area contributed by atoms with E-state index < -0.39 is 6.09 Å². The molecule has 0 saturated heterocycles. The van der Waals surface area contributed by atoms with Gasteiger partial charge in [-0.2, -0.15) is 0 Å². The Labute approximate surface area is 154 Å². The average molecular weight is 375 g/mol. The zero-order chi connectivity index (χ0) is 18.1. The zero-order valence-electron chi connectivity index (χ0n) is 14.3. The van der Waals surface area contributed by atoms with Crippen molar-refractivity contribution in [1.82, 2.24) is 15.3 Å². The van der Waals surface area contributed by atoms with Crippen LogP contribution in [0.4, 0.5) is 4.79 Å². The molecular weight excluding hydrogens is 354 g/mol. The van der Waals surface area contributed by atoms with Gasteiger partial charge >= 0.3 is 6.09 Å². The van der Waals surface area contributed by atoms with Gasteiger partial charge in [-0.15, -0.1) is 11.3 Å². The summed E-state index contributed by atoms with van der Waals surface area (Å²) in [6.45, 7) is 0. The molecule has 1 fully saturated rings. The van der Waals surface area contributed by atoms with Gasteiger partial charge in [-0.05, 0) is 50.0 Å². The lowest BCUT2D eigenvalue weighted by molar-refractivity contribution is -0.108. The van der Waals surface area contributed by atoms with Crippen LogP contribution in [0.1, 0.15) is 54.9 Å². The molecule has 2 aromatic rings. The van der Waals surface area contributed by atoms with Crippen LogP contribution in [-0.2, 0) is 11.2 Å². The van der Waals surface area contributed by atoms with Gasteiger partial charge in [0.15, 0.2) is 0 Å². The monoisotopic (exact) mass is 375 g/mol. The number of aromatic nitrogens is 2. The summed E-state index contributed by atoms with van der Waals surface area (Å²) in [6, 6.07) is 0.000125. The number of thiophene rings is 1. The predicted molar refractivity (Wildman–Crippen MR) is 97.0 cm³/mol. The summed E-state index contributed by atoms with van der Waals surface area (Å²) in [5.74, 6) is 0.847. The quantitative estimate of drug-likeness (QED) is 0.778. The summed E-state index contributed by atoms with van der Waals surface area (Å²) in [7, 11) is 0. The van der Waals surface area contributed by atoms with Crippen LogP contribution in [-0.4, -0.2) is 39.6 Å². The average Bonchev–Trinajstić information content (AvgIpc) is 3.17. The number of amides is 1. The Balaban J connectivity index is 1.54. The normalized spacial score (nSPS) is 25.0. The first-order valence-corrected chi connectivity index (χ1v) is 9.83. The molecule has 0 unspecified atom stereocenters. The van der Waals surface area contributed by atoms with E-state index in [-0.39, 0.29) is 18.1 Å². The van der Waals surface area contributed by atoms with E-state index in [1.165, 1.54) is 16.8 Å². The largest absolute Gasteiger partial charge is 0.474 e. The summed E-state index contributed by atoms with van der Waals surface area (Å²) >= 11 is 1.68. The molecule has 4 rings (SSSR count). The SMILES string of the molecule is O=CC[C@H]1CCc2sc3ncnc(OC4CCC(NC(=O)O)CC4)c3c21. The fourth-order valence-electron chi connectivity index (χ4n) is 4.14. The van der Waals surface area contributed by atoms with Gasteiger partial charge in [0.25, 0.3) is 0 Å². The highest BCUT2D eigenvalue weighted by molar-refractivity contribution is 7.19. The van der Waals surface area contributed by atoms with Gasteiger partial charge in [0.2, 0.25) is 5.88 Å². The number of aldehydes is 1. The first-order chi connectivity index (χ1) is 12.7. The van der Waals surface area contributed by atoms with E-state index in [0.29, 0.717) is 12.3 Å². The van der Waals surface area contributed by atoms with Crippen LogP contribution in [0.15, 0.2) is 6.33 Å². The molecule has 0 bridgehead atoms. The highest BCUT2D eigenvalue weighted by Gasteiger charge is 2.31. The fraction of sp³-hybridized carbons (Fsp3) is 0.556. The standard InChI is InChI=1S/C18H21N3O4S/c22-8-7-10-1-6-13-14(10)15-16(19-9-20-17(15)26-13)25-12-4-2-11(3-5-12)21-18(23)24/h8-12,21H,1-7H2,(H,23,24)/t10-,11?,12?/m1/s1. The number of fused-ring (bicyclic) bond motifs is 3. The van der Waals surface area contributed by atoms with Gasteiger partial charge in [0.1, 0.15) is 23.5 Å². The minimum absolute atomic E-state index is 0.000125. The van der Waals surface area contributed by atoms with Crippen molar-refractivity contribution < 1.29 is 19.4 Å². The Morgan fingerprint density at radius 2 is 2.12 bits per heavy atom. The third-order valence-corrected chi connectivity index (χ3v) is 6.53. The molecule has 0 aliphatic heterocycles.